The molecule has 0 spiro atoms. The molecule has 1 aliphatic heterocycles. The summed E-state index contributed by atoms with van der Waals surface area (Å²) in [5.41, 5.74) is 0.740. The van der Waals surface area contributed by atoms with Gasteiger partial charge in [-0.2, -0.15) is 11.8 Å². The molecule has 19 heavy (non-hydrogen) atoms. The van der Waals surface area contributed by atoms with E-state index in [1.165, 1.54) is 0 Å². The minimum absolute atomic E-state index is 0.366. The van der Waals surface area contributed by atoms with E-state index in [-0.39, 0.29) is 5.91 Å². The van der Waals surface area contributed by atoms with E-state index in [1.54, 1.807) is 30.8 Å². The second kappa shape index (κ2) is 5.21. The molecule has 1 amide bonds. The number of hydrogen-bond acceptors (Lipinski definition) is 4. The number of carboxylic acids is 1. The molecule has 1 atom stereocenters. The SMILES string of the molecule is Cc1ccc(C(=O)NC2(C(=O)O)CCSC2)c(C)n1. The zero-order valence-corrected chi connectivity index (χ0v) is 11.7. The van der Waals surface area contributed by atoms with Gasteiger partial charge in [0, 0.05) is 11.4 Å². The third kappa shape index (κ3) is 2.73. The maximum Gasteiger partial charge on any atom is 0.330 e. The van der Waals surface area contributed by atoms with Crippen molar-refractivity contribution in [3.63, 3.8) is 0 Å². The van der Waals surface area contributed by atoms with Crippen molar-refractivity contribution < 1.29 is 14.7 Å². The number of aliphatic carboxylic acids is 1. The third-order valence-corrected chi connectivity index (χ3v) is 4.44. The maximum absolute atomic E-state index is 12.2. The highest BCUT2D eigenvalue weighted by Gasteiger charge is 2.43. The minimum Gasteiger partial charge on any atom is -0.479 e. The zero-order chi connectivity index (χ0) is 14.0. The Morgan fingerprint density at radius 2 is 2.16 bits per heavy atom. The molecule has 2 rings (SSSR count). The summed E-state index contributed by atoms with van der Waals surface area (Å²) in [5.74, 6) is -0.178. The van der Waals surface area contributed by atoms with Gasteiger partial charge in [0.1, 0.15) is 5.54 Å². The first-order valence-electron chi connectivity index (χ1n) is 6.02. The molecule has 1 unspecified atom stereocenters. The molecular formula is C13H16N2O3S. The van der Waals surface area contributed by atoms with Crippen molar-refractivity contribution in [1.29, 1.82) is 0 Å². The molecule has 6 heteroatoms. The van der Waals surface area contributed by atoms with Gasteiger partial charge in [0.05, 0.1) is 11.3 Å². The van der Waals surface area contributed by atoms with E-state index in [1.807, 2.05) is 6.92 Å². The molecule has 1 fully saturated rings. The summed E-state index contributed by atoms with van der Waals surface area (Å²) in [7, 11) is 0. The predicted molar refractivity (Wildman–Crippen MR) is 73.5 cm³/mol. The first-order chi connectivity index (χ1) is 8.94. The van der Waals surface area contributed by atoms with Crippen LogP contribution in [0.2, 0.25) is 0 Å². The Balaban J connectivity index is 2.22. The first kappa shape index (κ1) is 13.9. The fourth-order valence-electron chi connectivity index (χ4n) is 2.10. The Labute approximate surface area is 115 Å². The van der Waals surface area contributed by atoms with Crippen LogP contribution in [0.25, 0.3) is 0 Å². The van der Waals surface area contributed by atoms with E-state index in [0.717, 1.165) is 11.4 Å². The van der Waals surface area contributed by atoms with Gasteiger partial charge >= 0.3 is 5.97 Å². The van der Waals surface area contributed by atoms with Gasteiger partial charge in [-0.1, -0.05) is 0 Å². The molecule has 5 nitrogen and oxygen atoms in total. The van der Waals surface area contributed by atoms with Crippen molar-refractivity contribution in [2.45, 2.75) is 25.8 Å². The average molecular weight is 280 g/mol. The molecule has 1 saturated heterocycles. The maximum atomic E-state index is 12.2. The Morgan fingerprint density at radius 1 is 1.42 bits per heavy atom. The Kier molecular flexibility index (Phi) is 3.80. The van der Waals surface area contributed by atoms with Gasteiger partial charge in [-0.3, -0.25) is 9.78 Å². The van der Waals surface area contributed by atoms with Gasteiger partial charge in [-0.05, 0) is 38.2 Å². The van der Waals surface area contributed by atoms with Crippen molar-refractivity contribution in [2.24, 2.45) is 0 Å². The largest absolute Gasteiger partial charge is 0.479 e. The first-order valence-corrected chi connectivity index (χ1v) is 7.18. The van der Waals surface area contributed by atoms with Crippen LogP contribution in [0, 0.1) is 13.8 Å². The fourth-order valence-corrected chi connectivity index (χ4v) is 3.42. The summed E-state index contributed by atoms with van der Waals surface area (Å²) in [6.07, 6.45) is 0.455. The topological polar surface area (TPSA) is 79.3 Å². The highest BCUT2D eigenvalue weighted by molar-refractivity contribution is 7.99. The van der Waals surface area contributed by atoms with E-state index in [2.05, 4.69) is 10.3 Å². The lowest BCUT2D eigenvalue weighted by atomic mass is 9.98. The number of amides is 1. The van der Waals surface area contributed by atoms with Crippen LogP contribution in [-0.2, 0) is 4.79 Å². The number of aromatic nitrogens is 1. The van der Waals surface area contributed by atoms with E-state index in [0.29, 0.717) is 23.4 Å². The molecule has 0 radical (unpaired) electrons. The molecule has 1 aromatic heterocycles. The van der Waals surface area contributed by atoms with Crippen molar-refractivity contribution in [3.8, 4) is 0 Å². The number of nitrogens with one attached hydrogen (secondary N) is 1. The summed E-state index contributed by atoms with van der Waals surface area (Å²) >= 11 is 1.54. The Bertz CT molecular complexity index is 525. The second-order valence-corrected chi connectivity index (χ2v) is 5.83. The zero-order valence-electron chi connectivity index (χ0n) is 10.9. The van der Waals surface area contributed by atoms with Crippen LogP contribution in [0.15, 0.2) is 12.1 Å². The summed E-state index contributed by atoms with van der Waals surface area (Å²) < 4.78 is 0. The van der Waals surface area contributed by atoms with Crippen LogP contribution in [-0.4, -0.2) is 39.0 Å². The second-order valence-electron chi connectivity index (χ2n) is 4.73. The number of nitrogens with zero attached hydrogens (tertiary/aromatic N) is 1. The number of carbonyl (C=O) groups excluding carboxylic acids is 1. The lowest BCUT2D eigenvalue weighted by Gasteiger charge is -2.24. The third-order valence-electron chi connectivity index (χ3n) is 3.25. The standard InChI is InChI=1S/C13H16N2O3S/c1-8-3-4-10(9(2)14-8)11(16)15-13(12(17)18)5-6-19-7-13/h3-4H,5-7H2,1-2H3,(H,15,16)(H,17,18). The summed E-state index contributed by atoms with van der Waals surface area (Å²) in [6.45, 7) is 3.60. The van der Waals surface area contributed by atoms with Crippen LogP contribution in [0.5, 0.6) is 0 Å². The molecule has 0 aliphatic carbocycles. The normalized spacial score (nSPS) is 22.2. The van der Waals surface area contributed by atoms with Gasteiger partial charge in [0.15, 0.2) is 0 Å². The smallest absolute Gasteiger partial charge is 0.330 e. The molecule has 1 aromatic rings. The quantitative estimate of drug-likeness (QED) is 0.874. The number of pyridine rings is 1. The van der Waals surface area contributed by atoms with Crippen LogP contribution in [0.4, 0.5) is 0 Å². The molecule has 0 bridgehead atoms. The number of carbonyl (C=O) groups is 2. The van der Waals surface area contributed by atoms with Crippen molar-refractivity contribution in [2.75, 3.05) is 11.5 Å². The van der Waals surface area contributed by atoms with Gasteiger partial charge in [-0.15, -0.1) is 0 Å². The highest BCUT2D eigenvalue weighted by atomic mass is 32.2. The number of hydrogen-bond donors (Lipinski definition) is 2. The van der Waals surface area contributed by atoms with E-state index < -0.39 is 11.5 Å². The van der Waals surface area contributed by atoms with Gasteiger partial charge in [-0.25, -0.2) is 4.79 Å². The van der Waals surface area contributed by atoms with Gasteiger partial charge in [0.2, 0.25) is 0 Å². The Hall–Kier alpha value is -1.56. The number of carboxylic acid groups (broad SMARTS) is 1. The van der Waals surface area contributed by atoms with Crippen LogP contribution in [0.1, 0.15) is 28.2 Å². The molecule has 0 saturated carbocycles. The molecular weight excluding hydrogens is 264 g/mol. The number of rotatable bonds is 3. The van der Waals surface area contributed by atoms with E-state index in [4.69, 9.17) is 0 Å². The van der Waals surface area contributed by atoms with Crippen molar-refractivity contribution in [1.82, 2.24) is 10.3 Å². The number of aryl methyl sites for hydroxylation is 2. The van der Waals surface area contributed by atoms with Crippen LogP contribution in [0.3, 0.4) is 0 Å². The van der Waals surface area contributed by atoms with E-state index >= 15 is 0 Å². The molecule has 2 N–H and O–H groups in total. The summed E-state index contributed by atoms with van der Waals surface area (Å²) in [5, 5.41) is 12.0. The predicted octanol–water partition coefficient (Wildman–Crippen LogP) is 1.39. The lowest BCUT2D eigenvalue weighted by Crippen LogP contribution is -2.54. The van der Waals surface area contributed by atoms with Crippen LogP contribution < -0.4 is 5.32 Å². The summed E-state index contributed by atoms with van der Waals surface area (Å²) in [6, 6.07) is 3.43. The highest BCUT2D eigenvalue weighted by Crippen LogP contribution is 2.28. The fraction of sp³-hybridized carbons (Fsp3) is 0.462. The minimum atomic E-state index is -1.14. The van der Waals surface area contributed by atoms with E-state index in [9.17, 15) is 14.7 Å². The van der Waals surface area contributed by atoms with Crippen molar-refractivity contribution >= 4 is 23.6 Å². The molecule has 102 valence electrons. The summed E-state index contributed by atoms with van der Waals surface area (Å²) in [4.78, 5) is 27.8. The van der Waals surface area contributed by atoms with Crippen LogP contribution >= 0.6 is 11.8 Å². The number of thioether (sulfide) groups is 1. The van der Waals surface area contributed by atoms with Gasteiger partial charge in [0.25, 0.3) is 5.91 Å². The Morgan fingerprint density at radius 3 is 2.68 bits per heavy atom. The molecule has 2 heterocycles. The van der Waals surface area contributed by atoms with Gasteiger partial charge < -0.3 is 10.4 Å². The lowest BCUT2D eigenvalue weighted by molar-refractivity contribution is -0.143. The average Bonchev–Trinajstić information content (AvgIpc) is 2.78. The molecule has 0 aromatic carbocycles. The monoisotopic (exact) mass is 280 g/mol. The molecule has 1 aliphatic rings. The van der Waals surface area contributed by atoms with Crippen molar-refractivity contribution in [3.05, 3.63) is 29.1 Å².